The Morgan fingerprint density at radius 2 is 1.70 bits per heavy atom. The first-order valence-corrected chi connectivity index (χ1v) is 7.43. The minimum Gasteiger partial charge on any atom is -0.478 e. The van der Waals surface area contributed by atoms with E-state index in [0.717, 1.165) is 16.9 Å². The molecule has 0 aliphatic carbocycles. The van der Waals surface area contributed by atoms with Crippen molar-refractivity contribution in [1.82, 2.24) is 0 Å². The van der Waals surface area contributed by atoms with E-state index in [1.165, 1.54) is 12.1 Å². The number of rotatable bonds is 5. The first kappa shape index (κ1) is 14.9. The third kappa shape index (κ3) is 3.99. The predicted octanol–water partition coefficient (Wildman–Crippen LogP) is 4.61. The van der Waals surface area contributed by atoms with Crippen LogP contribution in [0.25, 0.3) is 0 Å². The summed E-state index contributed by atoms with van der Waals surface area (Å²) in [5.74, 6) is -0.524. The zero-order chi connectivity index (χ0) is 14.5. The highest BCUT2D eigenvalue weighted by Crippen LogP contribution is 2.20. The smallest absolute Gasteiger partial charge is 0.338 e. The summed E-state index contributed by atoms with van der Waals surface area (Å²) < 4.78 is 13.5. The van der Waals surface area contributed by atoms with Gasteiger partial charge in [-0.05, 0) is 35.4 Å². The molecule has 0 fully saturated rings. The molecule has 0 unspecified atom stereocenters. The number of hydrogen-bond donors (Lipinski definition) is 1. The fraction of sp³-hybridized carbons (Fsp3) is 0.133. The van der Waals surface area contributed by atoms with E-state index in [4.69, 9.17) is 16.7 Å². The average Bonchev–Trinajstić information content (AvgIpc) is 2.41. The van der Waals surface area contributed by atoms with Crippen molar-refractivity contribution in [1.29, 1.82) is 0 Å². The van der Waals surface area contributed by atoms with Crippen molar-refractivity contribution in [2.24, 2.45) is 0 Å². The first-order valence-electron chi connectivity index (χ1n) is 5.90. The van der Waals surface area contributed by atoms with Crippen molar-refractivity contribution in [3.05, 3.63) is 70.0 Å². The molecule has 0 saturated carbocycles. The van der Waals surface area contributed by atoms with Gasteiger partial charge >= 0.3 is 5.97 Å². The van der Waals surface area contributed by atoms with Crippen LogP contribution in [-0.4, -0.2) is 11.1 Å². The van der Waals surface area contributed by atoms with E-state index >= 15 is 0 Å². The minimum atomic E-state index is -1.25. The third-order valence-electron chi connectivity index (χ3n) is 2.71. The maximum atomic E-state index is 13.5. The largest absolute Gasteiger partial charge is 0.478 e. The molecule has 20 heavy (non-hydrogen) atoms. The van der Waals surface area contributed by atoms with Crippen LogP contribution in [0.15, 0.2) is 42.5 Å². The van der Waals surface area contributed by atoms with E-state index in [1.54, 1.807) is 17.8 Å². The molecule has 0 bridgehead atoms. The maximum Gasteiger partial charge on any atom is 0.338 e. The summed E-state index contributed by atoms with van der Waals surface area (Å²) >= 11 is 7.43. The summed E-state index contributed by atoms with van der Waals surface area (Å²) in [6.45, 7) is 0. The zero-order valence-electron chi connectivity index (χ0n) is 10.5. The summed E-state index contributed by atoms with van der Waals surface area (Å²) in [5, 5.41) is 9.45. The van der Waals surface area contributed by atoms with Gasteiger partial charge in [0.15, 0.2) is 0 Å². The second-order valence-electron chi connectivity index (χ2n) is 4.24. The van der Waals surface area contributed by atoms with E-state index < -0.39 is 11.8 Å². The minimum absolute atomic E-state index is 0.295. The quantitative estimate of drug-likeness (QED) is 0.876. The van der Waals surface area contributed by atoms with E-state index in [2.05, 4.69) is 0 Å². The van der Waals surface area contributed by atoms with Gasteiger partial charge in [-0.1, -0.05) is 29.8 Å². The second kappa shape index (κ2) is 6.77. The number of hydrogen-bond acceptors (Lipinski definition) is 2. The lowest BCUT2D eigenvalue weighted by atomic mass is 10.1. The summed E-state index contributed by atoms with van der Waals surface area (Å²) in [6, 6.07) is 11.8. The van der Waals surface area contributed by atoms with Gasteiger partial charge in [-0.2, -0.15) is 11.8 Å². The summed E-state index contributed by atoms with van der Waals surface area (Å²) in [6.07, 6.45) is 0. The molecule has 2 aromatic rings. The molecule has 0 heterocycles. The number of carboxylic acid groups (broad SMARTS) is 1. The normalized spacial score (nSPS) is 10.5. The van der Waals surface area contributed by atoms with Gasteiger partial charge in [-0.25, -0.2) is 9.18 Å². The monoisotopic (exact) mass is 310 g/mol. The Hall–Kier alpha value is -1.52. The number of carbonyl (C=O) groups is 1. The summed E-state index contributed by atoms with van der Waals surface area (Å²) in [7, 11) is 0. The van der Waals surface area contributed by atoms with Crippen LogP contribution in [0.5, 0.6) is 0 Å². The van der Waals surface area contributed by atoms with Gasteiger partial charge in [0.1, 0.15) is 5.82 Å². The van der Waals surface area contributed by atoms with Crippen LogP contribution in [-0.2, 0) is 11.5 Å². The van der Waals surface area contributed by atoms with Crippen LogP contribution >= 0.6 is 23.4 Å². The molecule has 5 heteroatoms. The molecule has 2 rings (SSSR count). The van der Waals surface area contributed by atoms with E-state index in [-0.39, 0.29) is 5.56 Å². The number of thioether (sulfide) groups is 1. The van der Waals surface area contributed by atoms with Crippen LogP contribution < -0.4 is 0 Å². The van der Waals surface area contributed by atoms with Gasteiger partial charge < -0.3 is 5.11 Å². The molecule has 2 nitrogen and oxygen atoms in total. The topological polar surface area (TPSA) is 37.3 Å². The lowest BCUT2D eigenvalue weighted by molar-refractivity contribution is 0.0692. The van der Waals surface area contributed by atoms with Gasteiger partial charge in [0, 0.05) is 16.5 Å². The first-order chi connectivity index (χ1) is 9.56. The number of halogens is 2. The molecule has 1 N–H and O–H groups in total. The van der Waals surface area contributed by atoms with Crippen molar-refractivity contribution < 1.29 is 14.3 Å². The summed E-state index contributed by atoms with van der Waals surface area (Å²) in [5.41, 5.74) is 1.62. The van der Waals surface area contributed by atoms with Crippen LogP contribution in [0, 0.1) is 5.82 Å². The fourth-order valence-electron chi connectivity index (χ4n) is 1.69. The van der Waals surface area contributed by atoms with Crippen LogP contribution in [0.4, 0.5) is 4.39 Å². The molecule has 0 aromatic heterocycles. The summed E-state index contributed by atoms with van der Waals surface area (Å²) in [4.78, 5) is 10.7. The van der Waals surface area contributed by atoms with Crippen molar-refractivity contribution in [2.75, 3.05) is 0 Å². The molecule has 0 amide bonds. The standard InChI is InChI=1S/C15H12ClFO2S/c16-12-4-1-10(2-5-12)8-20-9-11-3-6-13(15(18)19)14(17)7-11/h1-7H,8-9H2,(H,18,19). The SMILES string of the molecule is O=C(O)c1ccc(CSCc2ccc(Cl)cc2)cc1F. The van der Waals surface area contributed by atoms with Gasteiger partial charge in [0.2, 0.25) is 0 Å². The fourth-order valence-corrected chi connectivity index (χ4v) is 2.76. The van der Waals surface area contributed by atoms with Crippen molar-refractivity contribution in [3.8, 4) is 0 Å². The van der Waals surface area contributed by atoms with Crippen molar-refractivity contribution in [2.45, 2.75) is 11.5 Å². The Labute approximate surface area is 125 Å². The highest BCUT2D eigenvalue weighted by molar-refractivity contribution is 7.97. The molecular formula is C15H12ClFO2S. The second-order valence-corrected chi connectivity index (χ2v) is 5.66. The van der Waals surface area contributed by atoms with E-state index in [0.29, 0.717) is 10.8 Å². The Morgan fingerprint density at radius 3 is 2.30 bits per heavy atom. The average molecular weight is 311 g/mol. The lowest BCUT2D eigenvalue weighted by Gasteiger charge is -2.04. The van der Waals surface area contributed by atoms with E-state index in [9.17, 15) is 9.18 Å². The van der Waals surface area contributed by atoms with E-state index in [1.807, 2.05) is 24.3 Å². The van der Waals surface area contributed by atoms with Gasteiger partial charge in [-0.3, -0.25) is 0 Å². The third-order valence-corrected chi connectivity index (χ3v) is 4.04. The molecule has 0 radical (unpaired) electrons. The van der Waals surface area contributed by atoms with Crippen molar-refractivity contribution in [3.63, 3.8) is 0 Å². The number of aromatic carboxylic acids is 1. The Bertz CT molecular complexity index is 614. The number of carboxylic acids is 1. The Morgan fingerprint density at radius 1 is 1.10 bits per heavy atom. The lowest BCUT2D eigenvalue weighted by Crippen LogP contribution is -2.00. The van der Waals surface area contributed by atoms with Gasteiger partial charge in [0.25, 0.3) is 0 Å². The highest BCUT2D eigenvalue weighted by Gasteiger charge is 2.10. The van der Waals surface area contributed by atoms with Crippen LogP contribution in [0.1, 0.15) is 21.5 Å². The molecule has 2 aromatic carbocycles. The molecule has 0 aliphatic rings. The number of benzene rings is 2. The molecule has 0 atom stereocenters. The van der Waals surface area contributed by atoms with Gasteiger partial charge in [-0.15, -0.1) is 0 Å². The molecule has 0 saturated heterocycles. The maximum absolute atomic E-state index is 13.5. The molecule has 0 aliphatic heterocycles. The van der Waals surface area contributed by atoms with Crippen LogP contribution in [0.3, 0.4) is 0 Å². The molecular weight excluding hydrogens is 299 g/mol. The Balaban J connectivity index is 1.92. The predicted molar refractivity (Wildman–Crippen MR) is 79.8 cm³/mol. The van der Waals surface area contributed by atoms with Gasteiger partial charge in [0.05, 0.1) is 5.56 Å². The molecule has 104 valence electrons. The Kier molecular flexibility index (Phi) is 5.04. The van der Waals surface area contributed by atoms with Crippen LogP contribution in [0.2, 0.25) is 5.02 Å². The van der Waals surface area contributed by atoms with Crippen molar-refractivity contribution >= 4 is 29.3 Å². The highest BCUT2D eigenvalue weighted by atomic mass is 35.5. The zero-order valence-corrected chi connectivity index (χ0v) is 12.0. The molecule has 0 spiro atoms.